The van der Waals surface area contributed by atoms with Crippen LogP contribution in [0.25, 0.3) is 0 Å². The van der Waals surface area contributed by atoms with Crippen LogP contribution in [0.4, 0.5) is 0 Å². The van der Waals surface area contributed by atoms with Crippen LogP contribution in [0.15, 0.2) is 0 Å². The van der Waals surface area contributed by atoms with Gasteiger partial charge in [0.25, 0.3) is 0 Å². The molecule has 0 amide bonds. The first-order valence-corrected chi connectivity index (χ1v) is 4.12. The first-order chi connectivity index (χ1) is 3.18. The molecule has 7 heavy (non-hydrogen) atoms. The molecule has 2 unspecified atom stereocenters. The summed E-state index contributed by atoms with van der Waals surface area (Å²) in [5.74, 6) is -0.0880. The van der Waals surface area contributed by atoms with Gasteiger partial charge in [0, 0.05) is 0 Å². The van der Waals surface area contributed by atoms with Crippen molar-refractivity contribution in [3.8, 4) is 0 Å². The molecule has 0 aromatic carbocycles. The Labute approximate surface area is 44.7 Å². The van der Waals surface area contributed by atoms with Crippen molar-refractivity contribution in [1.82, 2.24) is 0 Å². The molecule has 0 aliphatic heterocycles. The fourth-order valence-corrected chi connectivity index (χ4v) is 0.418. The third kappa shape index (κ3) is 2.75. The minimum Gasteiger partial charge on any atom is -0.390 e. The van der Waals surface area contributed by atoms with Gasteiger partial charge in [0.2, 0.25) is 0 Å². The van der Waals surface area contributed by atoms with Crippen molar-refractivity contribution in [3.63, 3.8) is 0 Å². The van der Waals surface area contributed by atoms with E-state index in [-0.39, 0.29) is 19.9 Å². The lowest BCUT2D eigenvalue weighted by atomic mass is 10.7. The van der Waals surface area contributed by atoms with Gasteiger partial charge in [-0.25, -0.2) is 0 Å². The first-order valence-electron chi connectivity index (χ1n) is 2.08. The van der Waals surface area contributed by atoms with Gasteiger partial charge in [0.1, 0.15) is 14.2 Å². The third-order valence-corrected chi connectivity index (χ3v) is 2.05. The molecule has 0 aromatic heterocycles. The largest absolute Gasteiger partial charge is 0.390 e. The minimum absolute atomic E-state index is 0.0612. The van der Waals surface area contributed by atoms with Gasteiger partial charge >= 0.3 is 0 Å². The predicted molar refractivity (Wildman–Crippen MR) is 35.0 cm³/mol. The molecule has 0 spiro atoms. The Balaban J connectivity index is 3.34. The summed E-state index contributed by atoms with van der Waals surface area (Å²) in [4.78, 5) is 0. The van der Waals surface area contributed by atoms with Gasteiger partial charge in [0.05, 0.1) is 13.0 Å². The molecule has 0 radical (unpaired) electrons. The molecule has 0 saturated carbocycles. The van der Waals surface area contributed by atoms with Crippen molar-refractivity contribution in [2.75, 3.05) is 13.3 Å². The SMILES string of the molecule is C=[P+](C)C(N)CO. The van der Waals surface area contributed by atoms with E-state index >= 15 is 0 Å². The summed E-state index contributed by atoms with van der Waals surface area (Å²) in [6.45, 7) is 2.00. The van der Waals surface area contributed by atoms with Crippen LogP contribution in [0.5, 0.6) is 0 Å². The van der Waals surface area contributed by atoms with Crippen LogP contribution in [0.3, 0.4) is 0 Å². The molecule has 0 aliphatic carbocycles. The van der Waals surface area contributed by atoms with Crippen LogP contribution in [-0.2, 0) is 0 Å². The van der Waals surface area contributed by atoms with Gasteiger partial charge in [0.15, 0.2) is 5.78 Å². The van der Waals surface area contributed by atoms with E-state index in [2.05, 4.69) is 6.30 Å². The van der Waals surface area contributed by atoms with E-state index < -0.39 is 0 Å². The number of nitrogens with two attached hydrogens (primary N) is 1. The second-order valence-corrected chi connectivity index (χ2v) is 3.68. The summed E-state index contributed by atoms with van der Waals surface area (Å²) in [6.07, 6.45) is 3.69. The molecule has 3 heteroatoms. The molecule has 0 heterocycles. The molecule has 0 rings (SSSR count). The molecule has 2 nitrogen and oxygen atoms in total. The summed E-state index contributed by atoms with van der Waals surface area (Å²) >= 11 is 0. The maximum Gasteiger partial charge on any atom is 0.187 e. The molecule has 0 saturated heterocycles. The van der Waals surface area contributed by atoms with Gasteiger partial charge in [-0.05, 0) is 0 Å². The Morgan fingerprint density at radius 1 is 2.00 bits per heavy atom. The zero-order valence-electron chi connectivity index (χ0n) is 4.46. The number of hydrogen-bond donors (Lipinski definition) is 2. The molecular formula is C4H11NOP+. The van der Waals surface area contributed by atoms with E-state index in [4.69, 9.17) is 10.8 Å². The van der Waals surface area contributed by atoms with Crippen molar-refractivity contribution in [3.05, 3.63) is 0 Å². The quantitative estimate of drug-likeness (QED) is 0.496. The predicted octanol–water partition coefficient (Wildman–Crippen LogP) is -0.193. The Kier molecular flexibility index (Phi) is 3.18. The first kappa shape index (κ1) is 7.09. The van der Waals surface area contributed by atoms with E-state index in [1.165, 1.54) is 0 Å². The summed E-state index contributed by atoms with van der Waals surface area (Å²) in [7, 11) is -0.384. The van der Waals surface area contributed by atoms with Crippen LogP contribution >= 0.6 is 7.55 Å². The van der Waals surface area contributed by atoms with Crippen LogP contribution in [0.2, 0.25) is 0 Å². The number of rotatable bonds is 2. The van der Waals surface area contributed by atoms with Crippen LogP contribution in [0, 0.1) is 0 Å². The average molecular weight is 120 g/mol. The van der Waals surface area contributed by atoms with Crippen LogP contribution in [0.1, 0.15) is 0 Å². The zero-order chi connectivity index (χ0) is 5.86. The monoisotopic (exact) mass is 120 g/mol. The molecule has 0 aliphatic rings. The van der Waals surface area contributed by atoms with Crippen molar-refractivity contribution < 1.29 is 5.11 Å². The highest BCUT2D eigenvalue weighted by molar-refractivity contribution is 7.55. The Bertz CT molecular complexity index is 74.1. The summed E-state index contributed by atoms with van der Waals surface area (Å²) in [5, 5.41) is 8.36. The van der Waals surface area contributed by atoms with E-state index in [1.807, 2.05) is 6.66 Å². The van der Waals surface area contributed by atoms with Gasteiger partial charge in [-0.3, -0.25) is 5.73 Å². The number of hydrogen-bond acceptors (Lipinski definition) is 2. The fraction of sp³-hybridized carbons (Fsp3) is 0.750. The van der Waals surface area contributed by atoms with E-state index in [1.54, 1.807) is 0 Å². The number of aliphatic hydroxyl groups excluding tert-OH is 1. The lowest BCUT2D eigenvalue weighted by Gasteiger charge is -1.93. The second kappa shape index (κ2) is 3.14. The maximum atomic E-state index is 8.36. The van der Waals surface area contributed by atoms with E-state index in [0.29, 0.717) is 0 Å². The van der Waals surface area contributed by atoms with Gasteiger partial charge in [-0.15, -0.1) is 0 Å². The Morgan fingerprint density at radius 2 is 2.43 bits per heavy atom. The summed E-state index contributed by atoms with van der Waals surface area (Å²) in [5.41, 5.74) is 5.33. The average Bonchev–Trinajstić information content (AvgIpc) is 1.65. The lowest BCUT2D eigenvalue weighted by molar-refractivity contribution is 0.295. The molecule has 0 bridgehead atoms. The second-order valence-electron chi connectivity index (χ2n) is 1.51. The van der Waals surface area contributed by atoms with E-state index in [0.717, 1.165) is 0 Å². The molecule has 3 N–H and O–H groups in total. The molecule has 0 aromatic rings. The highest BCUT2D eigenvalue weighted by atomic mass is 31.1. The topological polar surface area (TPSA) is 46.2 Å². The summed E-state index contributed by atoms with van der Waals surface area (Å²) < 4.78 is 0. The Morgan fingerprint density at radius 3 is 2.43 bits per heavy atom. The van der Waals surface area contributed by atoms with Gasteiger partial charge < -0.3 is 5.11 Å². The standard InChI is InChI=1S/C4H11NOP/c1-7(2)4(5)3-6/h4,6H,1,3,5H2,2H3/q+1. The molecule has 0 fully saturated rings. The molecule has 42 valence electrons. The lowest BCUT2D eigenvalue weighted by Crippen LogP contribution is -2.19. The van der Waals surface area contributed by atoms with Crippen molar-refractivity contribution in [2.24, 2.45) is 5.73 Å². The van der Waals surface area contributed by atoms with Crippen molar-refractivity contribution in [1.29, 1.82) is 0 Å². The summed E-state index contributed by atoms with van der Waals surface area (Å²) in [6, 6.07) is 0. The van der Waals surface area contributed by atoms with Crippen LogP contribution < -0.4 is 5.73 Å². The highest BCUT2D eigenvalue weighted by Crippen LogP contribution is 2.15. The van der Waals surface area contributed by atoms with Crippen LogP contribution in [-0.4, -0.2) is 30.5 Å². The normalized spacial score (nSPS) is 16.1. The van der Waals surface area contributed by atoms with Gasteiger partial charge in [-0.2, -0.15) is 0 Å². The number of aliphatic hydroxyl groups is 1. The third-order valence-electron chi connectivity index (χ3n) is 0.753. The molecular weight excluding hydrogens is 109 g/mol. The fourth-order valence-electron chi connectivity index (χ4n) is 0.139. The minimum atomic E-state index is -0.384. The highest BCUT2D eigenvalue weighted by Gasteiger charge is 2.08. The van der Waals surface area contributed by atoms with E-state index in [9.17, 15) is 0 Å². The molecule has 2 atom stereocenters. The maximum absolute atomic E-state index is 8.36. The van der Waals surface area contributed by atoms with Crippen molar-refractivity contribution in [2.45, 2.75) is 5.78 Å². The Hall–Kier alpha value is 0.0900. The zero-order valence-corrected chi connectivity index (χ0v) is 5.36. The van der Waals surface area contributed by atoms with Gasteiger partial charge in [-0.1, -0.05) is 0 Å². The smallest absolute Gasteiger partial charge is 0.187 e. The van der Waals surface area contributed by atoms with Crippen molar-refractivity contribution >= 4 is 13.8 Å².